The summed E-state index contributed by atoms with van der Waals surface area (Å²) in [7, 11) is 4.38. The second kappa shape index (κ2) is 4.15. The van der Waals surface area contributed by atoms with Crippen LogP contribution in [0.2, 0.25) is 0 Å². The van der Waals surface area contributed by atoms with E-state index >= 15 is 0 Å². The molecule has 1 atom stereocenters. The van der Waals surface area contributed by atoms with E-state index in [9.17, 15) is 0 Å². The highest BCUT2D eigenvalue weighted by atomic mass is 15.1. The lowest BCUT2D eigenvalue weighted by molar-refractivity contribution is 0.247. The average Bonchev–Trinajstić information content (AvgIpc) is 2.68. The molecular weight excluding hydrogens is 210 g/mol. The molecule has 2 aromatic rings. The fourth-order valence-electron chi connectivity index (χ4n) is 2.98. The Morgan fingerprint density at radius 2 is 2.24 bits per heavy atom. The van der Waals surface area contributed by atoms with Crippen LogP contribution in [-0.4, -0.2) is 34.6 Å². The Kier molecular flexibility index (Phi) is 2.63. The van der Waals surface area contributed by atoms with Gasteiger partial charge in [0.05, 0.1) is 11.0 Å². The van der Waals surface area contributed by atoms with Gasteiger partial charge in [0.2, 0.25) is 0 Å². The van der Waals surface area contributed by atoms with E-state index in [2.05, 4.69) is 40.7 Å². The molecule has 1 aliphatic heterocycles. The van der Waals surface area contributed by atoms with Crippen LogP contribution in [0, 0.1) is 0 Å². The summed E-state index contributed by atoms with van der Waals surface area (Å²) in [5.74, 6) is 0.660. The van der Waals surface area contributed by atoms with E-state index < -0.39 is 0 Å². The lowest BCUT2D eigenvalue weighted by Gasteiger charge is -2.30. The Balaban J connectivity index is 2.02. The number of piperidine rings is 1. The summed E-state index contributed by atoms with van der Waals surface area (Å²) in [4.78, 5) is 6.87. The van der Waals surface area contributed by atoms with Crippen LogP contribution in [0.5, 0.6) is 0 Å². The Bertz CT molecular complexity index is 529. The summed E-state index contributed by atoms with van der Waals surface area (Å²) in [5, 5.41) is 0. The van der Waals surface area contributed by atoms with Crippen LogP contribution in [0.4, 0.5) is 0 Å². The summed E-state index contributed by atoms with van der Waals surface area (Å²) in [6, 6.07) is 6.43. The molecule has 1 fully saturated rings. The summed E-state index contributed by atoms with van der Waals surface area (Å²) in [6.45, 7) is 2.41. The predicted molar refractivity (Wildman–Crippen MR) is 70.2 cm³/mol. The molecule has 0 spiro atoms. The summed E-state index contributed by atoms with van der Waals surface area (Å²) in [5.41, 5.74) is 3.80. The molecule has 0 bridgehead atoms. The van der Waals surface area contributed by atoms with Gasteiger partial charge in [-0.05, 0) is 44.6 Å². The molecule has 1 unspecified atom stereocenters. The number of aromatic nitrogens is 2. The zero-order valence-corrected chi connectivity index (χ0v) is 10.6. The Morgan fingerprint density at radius 1 is 1.35 bits per heavy atom. The smallest absolute Gasteiger partial charge is 0.0883 e. The van der Waals surface area contributed by atoms with Gasteiger partial charge in [0, 0.05) is 31.4 Å². The summed E-state index contributed by atoms with van der Waals surface area (Å²) < 4.78 is 2.31. The number of likely N-dealkylation sites (N-methyl/N-ethyl adjacent to an activating group) is 1. The quantitative estimate of drug-likeness (QED) is 0.748. The highest BCUT2D eigenvalue weighted by molar-refractivity contribution is 5.76. The number of hydrogen-bond acceptors (Lipinski definition) is 2. The molecule has 1 aliphatic rings. The minimum atomic E-state index is 0.660. The van der Waals surface area contributed by atoms with Crippen molar-refractivity contribution in [1.29, 1.82) is 0 Å². The maximum absolute atomic E-state index is 4.44. The molecule has 3 nitrogen and oxygen atoms in total. The van der Waals surface area contributed by atoms with Crippen molar-refractivity contribution in [2.75, 3.05) is 20.1 Å². The molecule has 0 amide bonds. The largest absolute Gasteiger partial charge is 0.346 e. The van der Waals surface area contributed by atoms with Crippen LogP contribution in [0.15, 0.2) is 24.4 Å². The van der Waals surface area contributed by atoms with Gasteiger partial charge in [-0.15, -0.1) is 0 Å². The highest BCUT2D eigenvalue weighted by Gasteiger charge is 2.22. The number of rotatable bonds is 1. The number of aryl methyl sites for hydroxylation is 1. The monoisotopic (exact) mass is 229 g/mol. The molecule has 17 heavy (non-hydrogen) atoms. The molecular formula is C14H19N3. The summed E-state index contributed by atoms with van der Waals surface area (Å²) >= 11 is 0. The Morgan fingerprint density at radius 3 is 3.00 bits per heavy atom. The van der Waals surface area contributed by atoms with Crippen molar-refractivity contribution in [3.8, 4) is 0 Å². The van der Waals surface area contributed by atoms with Gasteiger partial charge in [0.1, 0.15) is 0 Å². The molecule has 0 aromatic carbocycles. The van der Waals surface area contributed by atoms with Crippen molar-refractivity contribution in [3.63, 3.8) is 0 Å². The minimum absolute atomic E-state index is 0.660. The number of hydrogen-bond donors (Lipinski definition) is 0. The molecule has 2 aromatic heterocycles. The lowest BCUT2D eigenvalue weighted by atomic mass is 9.95. The van der Waals surface area contributed by atoms with E-state index in [4.69, 9.17) is 0 Å². The van der Waals surface area contributed by atoms with Gasteiger partial charge >= 0.3 is 0 Å². The number of pyridine rings is 1. The van der Waals surface area contributed by atoms with E-state index in [1.807, 2.05) is 12.3 Å². The lowest BCUT2D eigenvalue weighted by Crippen LogP contribution is -2.31. The van der Waals surface area contributed by atoms with Gasteiger partial charge in [-0.2, -0.15) is 0 Å². The topological polar surface area (TPSA) is 21.1 Å². The molecule has 0 aliphatic carbocycles. The van der Waals surface area contributed by atoms with Gasteiger partial charge in [-0.3, -0.25) is 4.98 Å². The second-order valence-electron chi connectivity index (χ2n) is 5.14. The van der Waals surface area contributed by atoms with Crippen molar-refractivity contribution in [2.45, 2.75) is 18.8 Å². The van der Waals surface area contributed by atoms with E-state index in [1.54, 1.807) is 0 Å². The zero-order chi connectivity index (χ0) is 11.8. The van der Waals surface area contributed by atoms with Crippen molar-refractivity contribution < 1.29 is 0 Å². The van der Waals surface area contributed by atoms with Crippen LogP contribution in [0.25, 0.3) is 11.0 Å². The maximum Gasteiger partial charge on any atom is 0.0883 e. The number of nitrogens with zero attached hydrogens (tertiary/aromatic N) is 3. The standard InChI is InChI=1S/C14H19N3/c1-16-8-4-5-11(10-16)14-9-12-13(17(14)2)6-3-7-15-12/h3,6-7,9,11H,4-5,8,10H2,1-2H3. The first kappa shape index (κ1) is 10.8. The van der Waals surface area contributed by atoms with Crippen molar-refractivity contribution in [1.82, 2.24) is 14.5 Å². The first-order chi connectivity index (χ1) is 8.25. The molecule has 3 heterocycles. The van der Waals surface area contributed by atoms with Gasteiger partial charge < -0.3 is 9.47 Å². The molecule has 3 rings (SSSR count). The number of fused-ring (bicyclic) bond motifs is 1. The van der Waals surface area contributed by atoms with Gasteiger partial charge in [0.25, 0.3) is 0 Å². The normalized spacial score (nSPS) is 22.1. The SMILES string of the molecule is CN1CCCC(c2cc3ncccc3n2C)C1. The molecule has 0 saturated carbocycles. The second-order valence-corrected chi connectivity index (χ2v) is 5.14. The van der Waals surface area contributed by atoms with Crippen LogP contribution in [0.3, 0.4) is 0 Å². The fourth-order valence-corrected chi connectivity index (χ4v) is 2.98. The van der Waals surface area contributed by atoms with Crippen LogP contribution in [-0.2, 0) is 7.05 Å². The number of likely N-dealkylation sites (tertiary alicyclic amines) is 1. The van der Waals surface area contributed by atoms with E-state index in [-0.39, 0.29) is 0 Å². The third-order valence-electron chi connectivity index (χ3n) is 3.89. The van der Waals surface area contributed by atoms with E-state index in [0.717, 1.165) is 5.52 Å². The van der Waals surface area contributed by atoms with E-state index in [0.29, 0.717) is 5.92 Å². The highest BCUT2D eigenvalue weighted by Crippen LogP contribution is 2.29. The molecule has 0 N–H and O–H groups in total. The molecule has 90 valence electrons. The molecule has 3 heteroatoms. The van der Waals surface area contributed by atoms with Crippen LogP contribution in [0.1, 0.15) is 24.5 Å². The molecule has 0 radical (unpaired) electrons. The third kappa shape index (κ3) is 1.84. The Labute approximate surface area is 102 Å². The Hall–Kier alpha value is -1.35. The van der Waals surface area contributed by atoms with Gasteiger partial charge in [-0.25, -0.2) is 0 Å². The van der Waals surface area contributed by atoms with Crippen molar-refractivity contribution in [2.24, 2.45) is 7.05 Å². The first-order valence-corrected chi connectivity index (χ1v) is 6.34. The van der Waals surface area contributed by atoms with E-state index in [1.165, 1.54) is 37.1 Å². The summed E-state index contributed by atoms with van der Waals surface area (Å²) in [6.07, 6.45) is 4.48. The molecule has 1 saturated heterocycles. The first-order valence-electron chi connectivity index (χ1n) is 6.34. The zero-order valence-electron chi connectivity index (χ0n) is 10.6. The van der Waals surface area contributed by atoms with Gasteiger partial charge in [0.15, 0.2) is 0 Å². The van der Waals surface area contributed by atoms with Crippen LogP contribution >= 0.6 is 0 Å². The minimum Gasteiger partial charge on any atom is -0.346 e. The third-order valence-corrected chi connectivity index (χ3v) is 3.89. The van der Waals surface area contributed by atoms with Crippen molar-refractivity contribution >= 4 is 11.0 Å². The maximum atomic E-state index is 4.44. The van der Waals surface area contributed by atoms with Crippen LogP contribution < -0.4 is 0 Å². The van der Waals surface area contributed by atoms with Gasteiger partial charge in [-0.1, -0.05) is 0 Å². The van der Waals surface area contributed by atoms with Crippen molar-refractivity contribution in [3.05, 3.63) is 30.1 Å². The predicted octanol–water partition coefficient (Wildman–Crippen LogP) is 2.38. The average molecular weight is 229 g/mol. The fraction of sp³-hybridized carbons (Fsp3) is 0.500.